The van der Waals surface area contributed by atoms with Crippen LogP contribution < -0.4 is 15.0 Å². The predicted molar refractivity (Wildman–Crippen MR) is 83.5 cm³/mol. The highest BCUT2D eigenvalue weighted by atomic mass is 16.5. The van der Waals surface area contributed by atoms with Gasteiger partial charge in [-0.3, -0.25) is 0 Å². The summed E-state index contributed by atoms with van der Waals surface area (Å²) in [7, 11) is 0. The van der Waals surface area contributed by atoms with Crippen molar-refractivity contribution in [3.63, 3.8) is 0 Å². The van der Waals surface area contributed by atoms with E-state index in [1.165, 1.54) is 0 Å². The molecule has 7 heteroatoms. The Morgan fingerprint density at radius 3 is 2.64 bits per heavy atom. The Morgan fingerprint density at radius 2 is 1.91 bits per heavy atom. The molecule has 1 aromatic carbocycles. The minimum Gasteiger partial charge on any atom is -0.424 e. The van der Waals surface area contributed by atoms with Gasteiger partial charge < -0.3 is 19.7 Å². The number of para-hydroxylation sites is 1. The molecule has 0 atom stereocenters. The monoisotopic (exact) mass is 301 g/mol. The molecule has 0 saturated carbocycles. The Hall–Kier alpha value is -2.41. The lowest BCUT2D eigenvalue weighted by Crippen LogP contribution is -2.37. The molecule has 1 N–H and O–H groups in total. The molecule has 2 aromatic rings. The van der Waals surface area contributed by atoms with Crippen LogP contribution in [-0.2, 0) is 4.74 Å². The van der Waals surface area contributed by atoms with Crippen LogP contribution in [0.2, 0.25) is 0 Å². The van der Waals surface area contributed by atoms with E-state index in [-0.39, 0.29) is 0 Å². The molecule has 116 valence electrons. The maximum atomic E-state index is 5.74. The van der Waals surface area contributed by atoms with Crippen LogP contribution >= 0.6 is 0 Å². The van der Waals surface area contributed by atoms with E-state index >= 15 is 0 Å². The van der Waals surface area contributed by atoms with Gasteiger partial charge in [0.15, 0.2) is 0 Å². The first-order chi connectivity index (χ1) is 10.8. The summed E-state index contributed by atoms with van der Waals surface area (Å²) in [4.78, 5) is 15.2. The second-order valence-electron chi connectivity index (χ2n) is 4.79. The minimum absolute atomic E-state index is 0.290. The van der Waals surface area contributed by atoms with E-state index in [0.717, 1.165) is 19.6 Å². The van der Waals surface area contributed by atoms with Gasteiger partial charge >= 0.3 is 6.01 Å². The summed E-state index contributed by atoms with van der Waals surface area (Å²) < 4.78 is 11.1. The van der Waals surface area contributed by atoms with Crippen molar-refractivity contribution in [2.45, 2.75) is 6.92 Å². The molecule has 1 aliphatic rings. The van der Waals surface area contributed by atoms with Crippen LogP contribution in [0, 0.1) is 0 Å². The van der Waals surface area contributed by atoms with Crippen molar-refractivity contribution in [2.75, 3.05) is 43.1 Å². The van der Waals surface area contributed by atoms with Gasteiger partial charge in [-0.15, -0.1) is 0 Å². The molecule has 0 unspecified atom stereocenters. The number of nitrogens with one attached hydrogen (secondary N) is 1. The number of hydrogen-bond donors (Lipinski definition) is 1. The summed E-state index contributed by atoms with van der Waals surface area (Å²) in [6.45, 7) is 5.61. The Balaban J connectivity index is 1.86. The summed E-state index contributed by atoms with van der Waals surface area (Å²) in [6.07, 6.45) is 0. The number of aromatic nitrogens is 3. The molecule has 0 amide bonds. The van der Waals surface area contributed by atoms with Crippen LogP contribution in [-0.4, -0.2) is 47.8 Å². The number of hydrogen-bond acceptors (Lipinski definition) is 7. The van der Waals surface area contributed by atoms with Gasteiger partial charge in [0.05, 0.1) is 13.2 Å². The highest BCUT2D eigenvalue weighted by Gasteiger charge is 2.17. The molecule has 1 saturated heterocycles. The van der Waals surface area contributed by atoms with Gasteiger partial charge in [-0.05, 0) is 19.1 Å². The van der Waals surface area contributed by atoms with E-state index < -0.39 is 0 Å². The van der Waals surface area contributed by atoms with Gasteiger partial charge in [0.25, 0.3) is 0 Å². The van der Waals surface area contributed by atoms with E-state index in [2.05, 4.69) is 25.2 Å². The first-order valence-electron chi connectivity index (χ1n) is 7.40. The van der Waals surface area contributed by atoms with Crippen molar-refractivity contribution in [2.24, 2.45) is 0 Å². The van der Waals surface area contributed by atoms with Crippen LogP contribution in [0.15, 0.2) is 30.3 Å². The molecule has 7 nitrogen and oxygen atoms in total. The average Bonchev–Trinajstić information content (AvgIpc) is 2.57. The summed E-state index contributed by atoms with van der Waals surface area (Å²) in [5.74, 6) is 1.83. The number of ether oxygens (including phenoxy) is 2. The van der Waals surface area contributed by atoms with Gasteiger partial charge in [-0.25, -0.2) is 0 Å². The molecular formula is C15H19N5O2. The molecule has 0 aliphatic carbocycles. The van der Waals surface area contributed by atoms with Crippen LogP contribution in [0.5, 0.6) is 11.8 Å². The molecule has 22 heavy (non-hydrogen) atoms. The van der Waals surface area contributed by atoms with Gasteiger partial charge in [-0.1, -0.05) is 18.2 Å². The van der Waals surface area contributed by atoms with Gasteiger partial charge in [0.1, 0.15) is 5.75 Å². The molecule has 3 rings (SSSR count). The lowest BCUT2D eigenvalue weighted by molar-refractivity contribution is 0.122. The fraction of sp³-hybridized carbons (Fsp3) is 0.400. The molecular weight excluding hydrogens is 282 g/mol. The first kappa shape index (κ1) is 14.5. The van der Waals surface area contributed by atoms with E-state index in [1.807, 2.05) is 37.3 Å². The zero-order chi connectivity index (χ0) is 15.2. The maximum absolute atomic E-state index is 5.74. The lowest BCUT2D eigenvalue weighted by Gasteiger charge is -2.26. The summed E-state index contributed by atoms with van der Waals surface area (Å²) in [5, 5.41) is 3.11. The lowest BCUT2D eigenvalue weighted by atomic mass is 10.3. The second kappa shape index (κ2) is 7.04. The van der Waals surface area contributed by atoms with Crippen molar-refractivity contribution in [1.82, 2.24) is 15.0 Å². The first-order valence-corrected chi connectivity index (χ1v) is 7.40. The normalized spacial score (nSPS) is 14.7. The van der Waals surface area contributed by atoms with E-state index in [9.17, 15) is 0 Å². The van der Waals surface area contributed by atoms with Crippen molar-refractivity contribution in [3.8, 4) is 11.8 Å². The van der Waals surface area contributed by atoms with Crippen LogP contribution in [0.3, 0.4) is 0 Å². The summed E-state index contributed by atoms with van der Waals surface area (Å²) in [6, 6.07) is 9.77. The van der Waals surface area contributed by atoms with E-state index in [4.69, 9.17) is 9.47 Å². The van der Waals surface area contributed by atoms with Crippen LogP contribution in [0.1, 0.15) is 6.92 Å². The van der Waals surface area contributed by atoms with Crippen molar-refractivity contribution in [1.29, 1.82) is 0 Å². The Morgan fingerprint density at radius 1 is 1.14 bits per heavy atom. The number of rotatable bonds is 5. The number of nitrogens with zero attached hydrogens (tertiary/aromatic N) is 4. The molecule has 1 aromatic heterocycles. The zero-order valence-electron chi connectivity index (χ0n) is 12.5. The molecule has 2 heterocycles. The smallest absolute Gasteiger partial charge is 0.328 e. The third-order valence-electron chi connectivity index (χ3n) is 3.18. The second-order valence-corrected chi connectivity index (χ2v) is 4.79. The summed E-state index contributed by atoms with van der Waals surface area (Å²) in [5.41, 5.74) is 0. The van der Waals surface area contributed by atoms with E-state index in [1.54, 1.807) is 0 Å². The third-order valence-corrected chi connectivity index (χ3v) is 3.18. The van der Waals surface area contributed by atoms with Gasteiger partial charge in [0.2, 0.25) is 11.9 Å². The Kier molecular flexibility index (Phi) is 4.65. The fourth-order valence-corrected chi connectivity index (χ4v) is 2.13. The quantitative estimate of drug-likeness (QED) is 0.904. The zero-order valence-corrected chi connectivity index (χ0v) is 12.5. The number of morpholine rings is 1. The Labute approximate surface area is 129 Å². The van der Waals surface area contributed by atoms with Crippen LogP contribution in [0.25, 0.3) is 0 Å². The highest BCUT2D eigenvalue weighted by molar-refractivity contribution is 5.39. The van der Waals surface area contributed by atoms with Crippen molar-refractivity contribution >= 4 is 11.9 Å². The number of anilines is 2. The topological polar surface area (TPSA) is 72.4 Å². The highest BCUT2D eigenvalue weighted by Crippen LogP contribution is 2.21. The van der Waals surface area contributed by atoms with Crippen molar-refractivity contribution in [3.05, 3.63) is 30.3 Å². The molecule has 0 spiro atoms. The largest absolute Gasteiger partial charge is 0.424 e. The van der Waals surface area contributed by atoms with Gasteiger partial charge in [0, 0.05) is 19.6 Å². The standard InChI is InChI=1S/C15H19N5O2/c1-2-16-13-17-14(20-8-10-21-11-9-20)19-15(18-13)22-12-6-4-3-5-7-12/h3-7H,2,8-11H2,1H3,(H,16,17,18,19). The van der Waals surface area contributed by atoms with Gasteiger partial charge in [-0.2, -0.15) is 15.0 Å². The predicted octanol–water partition coefficient (Wildman–Crippen LogP) is 1.93. The third kappa shape index (κ3) is 3.62. The van der Waals surface area contributed by atoms with Crippen LogP contribution in [0.4, 0.5) is 11.9 Å². The molecule has 0 bridgehead atoms. The molecule has 0 radical (unpaired) electrons. The molecule has 1 aliphatic heterocycles. The Bertz CT molecular complexity index is 602. The summed E-state index contributed by atoms with van der Waals surface area (Å²) >= 11 is 0. The average molecular weight is 301 g/mol. The SMILES string of the molecule is CCNc1nc(Oc2ccccc2)nc(N2CCOCC2)n1. The fourth-order valence-electron chi connectivity index (χ4n) is 2.13. The molecule has 1 fully saturated rings. The maximum Gasteiger partial charge on any atom is 0.328 e. The van der Waals surface area contributed by atoms with E-state index in [0.29, 0.717) is 36.9 Å². The minimum atomic E-state index is 0.290. The number of benzene rings is 1. The van der Waals surface area contributed by atoms with Crippen molar-refractivity contribution < 1.29 is 9.47 Å².